The van der Waals surface area contributed by atoms with E-state index in [0.29, 0.717) is 16.0 Å². The van der Waals surface area contributed by atoms with Gasteiger partial charge in [0.1, 0.15) is 28.2 Å². The maximum Gasteiger partial charge on any atom is 0.196 e. The van der Waals surface area contributed by atoms with Crippen LogP contribution in [0, 0.1) is 11.3 Å². The topological polar surface area (TPSA) is 96.8 Å². The van der Waals surface area contributed by atoms with Crippen molar-refractivity contribution in [1.29, 1.82) is 5.26 Å². The quantitative estimate of drug-likeness (QED) is 0.164. The smallest absolute Gasteiger partial charge is 0.196 e. The van der Waals surface area contributed by atoms with Crippen LogP contribution in [0.4, 0.5) is 0 Å². The molecule has 2 heterocycles. The molecule has 9 heteroatoms. The molecule has 0 saturated heterocycles. The van der Waals surface area contributed by atoms with Crippen molar-refractivity contribution in [2.45, 2.75) is 5.16 Å². The lowest BCUT2D eigenvalue weighted by molar-refractivity contribution is 0.415. The number of thiazole rings is 1. The lowest BCUT2D eigenvalue weighted by Crippen LogP contribution is -2.01. The van der Waals surface area contributed by atoms with E-state index in [1.165, 1.54) is 23.1 Å². The number of methoxy groups -OCH3 is 1. The second-order valence-corrected chi connectivity index (χ2v) is 9.39. The molecule has 0 aliphatic heterocycles. The van der Waals surface area contributed by atoms with Crippen LogP contribution in [0.15, 0.2) is 89.8 Å². The Labute approximate surface area is 210 Å². The zero-order chi connectivity index (χ0) is 24.2. The first-order valence-corrected chi connectivity index (χ1v) is 12.4. The number of benzene rings is 3. The van der Waals surface area contributed by atoms with Crippen LogP contribution in [0.2, 0.25) is 0 Å². The van der Waals surface area contributed by atoms with Crippen molar-refractivity contribution < 1.29 is 9.84 Å². The summed E-state index contributed by atoms with van der Waals surface area (Å²) >= 11 is 2.68. The predicted molar refractivity (Wildman–Crippen MR) is 139 cm³/mol. The number of rotatable bonds is 7. The van der Waals surface area contributed by atoms with Crippen molar-refractivity contribution in [3.63, 3.8) is 0 Å². The number of nitrogens with zero attached hydrogens (tertiary/aromatic N) is 5. The highest BCUT2D eigenvalue weighted by atomic mass is 32.2. The van der Waals surface area contributed by atoms with Gasteiger partial charge in [-0.15, -0.1) is 21.5 Å². The summed E-state index contributed by atoms with van der Waals surface area (Å²) < 4.78 is 8.16. The Morgan fingerprint density at radius 3 is 2.49 bits per heavy atom. The van der Waals surface area contributed by atoms with Gasteiger partial charge in [-0.1, -0.05) is 42.1 Å². The number of aromatic nitrogens is 4. The molecule has 0 radical (unpaired) electrons. The van der Waals surface area contributed by atoms with Crippen molar-refractivity contribution in [3.8, 4) is 28.9 Å². The SMILES string of the molecule is COc1ccc(-c2nnc(SC/C(O)=C(\C#N)c3nc4ccccc4s3)n2-c2ccccc2)cc1. The minimum atomic E-state index is -0.0508. The average Bonchev–Trinajstić information content (AvgIpc) is 3.53. The van der Waals surface area contributed by atoms with Crippen LogP contribution in [0.25, 0.3) is 32.9 Å². The molecule has 0 saturated carbocycles. The lowest BCUT2D eigenvalue weighted by Gasteiger charge is -2.11. The van der Waals surface area contributed by atoms with E-state index in [-0.39, 0.29) is 17.1 Å². The van der Waals surface area contributed by atoms with Crippen molar-refractivity contribution in [1.82, 2.24) is 19.7 Å². The Hall–Kier alpha value is -4.13. The van der Waals surface area contributed by atoms with Gasteiger partial charge in [0, 0.05) is 11.3 Å². The Bertz CT molecular complexity index is 1520. The molecule has 2 aromatic heterocycles. The first kappa shape index (κ1) is 22.7. The fraction of sp³-hybridized carbons (Fsp3) is 0.0769. The molecule has 5 aromatic rings. The molecule has 0 fully saturated rings. The minimum absolute atomic E-state index is 0.0508. The third kappa shape index (κ3) is 4.62. The van der Waals surface area contributed by atoms with Gasteiger partial charge in [0.2, 0.25) is 0 Å². The van der Waals surface area contributed by atoms with Crippen LogP contribution in [0.1, 0.15) is 5.01 Å². The summed E-state index contributed by atoms with van der Waals surface area (Å²) in [5.74, 6) is 1.51. The molecule has 0 aliphatic carbocycles. The summed E-state index contributed by atoms with van der Waals surface area (Å²) in [4.78, 5) is 4.51. The molecule has 3 aromatic carbocycles. The third-order valence-electron chi connectivity index (χ3n) is 5.24. The van der Waals surface area contributed by atoms with E-state index in [0.717, 1.165) is 27.2 Å². The predicted octanol–water partition coefficient (Wildman–Crippen LogP) is 6.14. The summed E-state index contributed by atoms with van der Waals surface area (Å²) in [6.07, 6.45) is 0. The van der Waals surface area contributed by atoms with Gasteiger partial charge in [0.05, 0.1) is 23.1 Å². The van der Waals surface area contributed by atoms with Gasteiger partial charge in [0.25, 0.3) is 0 Å². The summed E-state index contributed by atoms with van der Waals surface area (Å²) in [5.41, 5.74) is 2.73. The summed E-state index contributed by atoms with van der Waals surface area (Å²) in [6.45, 7) is 0. The van der Waals surface area contributed by atoms with Crippen molar-refractivity contribution in [2.75, 3.05) is 12.9 Å². The monoisotopic (exact) mass is 497 g/mol. The molecule has 5 rings (SSSR count). The van der Waals surface area contributed by atoms with Crippen LogP contribution < -0.4 is 4.74 Å². The molecular weight excluding hydrogens is 478 g/mol. The van der Waals surface area contributed by atoms with Crippen molar-refractivity contribution in [3.05, 3.63) is 89.6 Å². The number of hydrogen-bond acceptors (Lipinski definition) is 8. The van der Waals surface area contributed by atoms with E-state index in [2.05, 4.69) is 21.3 Å². The van der Waals surface area contributed by atoms with Crippen LogP contribution >= 0.6 is 23.1 Å². The number of fused-ring (bicyclic) bond motifs is 1. The maximum atomic E-state index is 10.8. The number of nitriles is 1. The number of aliphatic hydroxyl groups is 1. The average molecular weight is 498 g/mol. The fourth-order valence-corrected chi connectivity index (χ4v) is 5.33. The number of thioether (sulfide) groups is 1. The van der Waals surface area contributed by atoms with E-state index in [4.69, 9.17) is 4.74 Å². The molecule has 35 heavy (non-hydrogen) atoms. The van der Waals surface area contributed by atoms with Gasteiger partial charge in [-0.2, -0.15) is 5.26 Å². The summed E-state index contributed by atoms with van der Waals surface area (Å²) in [5, 5.41) is 30.5. The Morgan fingerprint density at radius 2 is 1.77 bits per heavy atom. The van der Waals surface area contributed by atoms with Crippen LogP contribution in [-0.4, -0.2) is 37.7 Å². The molecule has 1 N–H and O–H groups in total. The zero-order valence-electron chi connectivity index (χ0n) is 18.6. The van der Waals surface area contributed by atoms with E-state index in [1.807, 2.05) is 83.4 Å². The van der Waals surface area contributed by atoms with Gasteiger partial charge >= 0.3 is 0 Å². The molecule has 0 spiro atoms. The zero-order valence-corrected chi connectivity index (χ0v) is 20.3. The van der Waals surface area contributed by atoms with Gasteiger partial charge in [-0.25, -0.2) is 4.98 Å². The first-order chi connectivity index (χ1) is 17.2. The highest BCUT2D eigenvalue weighted by molar-refractivity contribution is 7.99. The number of allylic oxidation sites excluding steroid dienone is 1. The third-order valence-corrected chi connectivity index (χ3v) is 7.24. The molecule has 0 aliphatic rings. The largest absolute Gasteiger partial charge is 0.510 e. The van der Waals surface area contributed by atoms with Gasteiger partial charge in [-0.3, -0.25) is 4.57 Å². The van der Waals surface area contributed by atoms with Gasteiger partial charge in [-0.05, 0) is 48.5 Å². The van der Waals surface area contributed by atoms with E-state index in [9.17, 15) is 10.4 Å². The highest BCUT2D eigenvalue weighted by Crippen LogP contribution is 2.32. The molecular formula is C26H19N5O2S2. The van der Waals surface area contributed by atoms with Crippen molar-refractivity contribution in [2.24, 2.45) is 0 Å². The Morgan fingerprint density at radius 1 is 1.03 bits per heavy atom. The first-order valence-electron chi connectivity index (χ1n) is 10.6. The molecule has 0 unspecified atom stereocenters. The van der Waals surface area contributed by atoms with E-state index in [1.54, 1.807) is 7.11 Å². The van der Waals surface area contributed by atoms with Crippen molar-refractivity contribution >= 4 is 38.9 Å². The van der Waals surface area contributed by atoms with Crippen LogP contribution in [0.3, 0.4) is 0 Å². The normalized spacial score (nSPS) is 11.8. The Balaban J connectivity index is 1.48. The second-order valence-electron chi connectivity index (χ2n) is 7.41. The summed E-state index contributed by atoms with van der Waals surface area (Å²) in [6, 6.07) is 27.1. The van der Waals surface area contributed by atoms with E-state index < -0.39 is 0 Å². The standard InChI is InChI=1S/C26H19N5O2S2/c1-33-19-13-11-17(12-14-19)24-29-30-26(31(24)18-7-3-2-4-8-18)34-16-22(32)20(15-27)25-28-21-9-5-6-10-23(21)35-25/h2-14,32H,16H2,1H3/b22-20-. The number of para-hydroxylation sites is 2. The number of hydrogen-bond donors (Lipinski definition) is 1. The Kier molecular flexibility index (Phi) is 6.48. The number of aliphatic hydroxyl groups excluding tert-OH is 1. The summed E-state index contributed by atoms with van der Waals surface area (Å²) in [7, 11) is 1.63. The second kappa shape index (κ2) is 10.0. The molecule has 7 nitrogen and oxygen atoms in total. The molecule has 0 atom stereocenters. The van der Waals surface area contributed by atoms with Crippen LogP contribution in [0.5, 0.6) is 5.75 Å². The maximum absolute atomic E-state index is 10.8. The molecule has 0 amide bonds. The highest BCUT2D eigenvalue weighted by Gasteiger charge is 2.19. The minimum Gasteiger partial charge on any atom is -0.510 e. The van der Waals surface area contributed by atoms with Crippen LogP contribution in [-0.2, 0) is 0 Å². The molecule has 0 bridgehead atoms. The molecule has 172 valence electrons. The van der Waals surface area contributed by atoms with Gasteiger partial charge in [0.15, 0.2) is 11.0 Å². The van der Waals surface area contributed by atoms with Gasteiger partial charge < -0.3 is 9.84 Å². The fourth-order valence-electron chi connectivity index (χ4n) is 3.52. The van der Waals surface area contributed by atoms with E-state index >= 15 is 0 Å². The lowest BCUT2D eigenvalue weighted by atomic mass is 10.2. The number of ether oxygens (including phenoxy) is 1.